The lowest BCUT2D eigenvalue weighted by Crippen LogP contribution is -2.15. The Morgan fingerprint density at radius 3 is 2.42 bits per heavy atom. The van der Waals surface area contributed by atoms with Gasteiger partial charge in [0.05, 0.1) is 0 Å². The van der Waals surface area contributed by atoms with Crippen molar-refractivity contribution in [3.8, 4) is 0 Å². The molecule has 0 bridgehead atoms. The van der Waals surface area contributed by atoms with Crippen LogP contribution in [0.2, 0.25) is 0 Å². The van der Waals surface area contributed by atoms with Crippen molar-refractivity contribution in [2.24, 2.45) is 0 Å². The fraction of sp³-hybridized carbons (Fsp3) is 0.190. The SMILES string of the molecule is CCc1ccc(NC(=O)c2cc(Nc3ccccc3C)nc(C)n2)cc1. The van der Waals surface area contributed by atoms with E-state index in [1.807, 2.05) is 55.5 Å². The molecule has 0 aliphatic heterocycles. The van der Waals surface area contributed by atoms with Gasteiger partial charge in [-0.15, -0.1) is 0 Å². The number of aromatic nitrogens is 2. The van der Waals surface area contributed by atoms with Crippen LogP contribution < -0.4 is 10.6 Å². The minimum Gasteiger partial charge on any atom is -0.340 e. The largest absolute Gasteiger partial charge is 0.340 e. The van der Waals surface area contributed by atoms with Crippen LogP contribution in [0.3, 0.4) is 0 Å². The third-order valence-corrected chi connectivity index (χ3v) is 4.10. The van der Waals surface area contributed by atoms with Crippen molar-refractivity contribution in [2.45, 2.75) is 27.2 Å². The van der Waals surface area contributed by atoms with Gasteiger partial charge >= 0.3 is 0 Å². The van der Waals surface area contributed by atoms with E-state index in [4.69, 9.17) is 0 Å². The van der Waals surface area contributed by atoms with E-state index >= 15 is 0 Å². The quantitative estimate of drug-likeness (QED) is 0.705. The first-order chi connectivity index (χ1) is 12.5. The molecule has 0 saturated heterocycles. The normalized spacial score (nSPS) is 10.4. The molecule has 5 heteroatoms. The number of carbonyl (C=O) groups is 1. The molecule has 0 saturated carbocycles. The van der Waals surface area contributed by atoms with Gasteiger partial charge in [-0.2, -0.15) is 0 Å². The van der Waals surface area contributed by atoms with Crippen molar-refractivity contribution in [3.63, 3.8) is 0 Å². The van der Waals surface area contributed by atoms with Gasteiger partial charge in [0.2, 0.25) is 0 Å². The fourth-order valence-corrected chi connectivity index (χ4v) is 2.62. The first-order valence-corrected chi connectivity index (χ1v) is 8.64. The zero-order valence-corrected chi connectivity index (χ0v) is 15.2. The van der Waals surface area contributed by atoms with Crippen LogP contribution in [0.1, 0.15) is 34.4 Å². The van der Waals surface area contributed by atoms with Crippen molar-refractivity contribution in [3.05, 3.63) is 77.2 Å². The Morgan fingerprint density at radius 1 is 1.00 bits per heavy atom. The van der Waals surface area contributed by atoms with Crippen molar-refractivity contribution in [2.75, 3.05) is 10.6 Å². The van der Waals surface area contributed by atoms with Crippen LogP contribution in [-0.2, 0) is 6.42 Å². The van der Waals surface area contributed by atoms with Crippen LogP contribution in [-0.4, -0.2) is 15.9 Å². The third kappa shape index (κ3) is 4.25. The molecule has 0 unspecified atom stereocenters. The maximum absolute atomic E-state index is 12.6. The molecule has 0 spiro atoms. The average molecular weight is 346 g/mol. The summed E-state index contributed by atoms with van der Waals surface area (Å²) in [6.45, 7) is 5.89. The van der Waals surface area contributed by atoms with E-state index in [0.29, 0.717) is 17.3 Å². The summed E-state index contributed by atoms with van der Waals surface area (Å²) in [6, 6.07) is 17.4. The Hall–Kier alpha value is -3.21. The molecule has 132 valence electrons. The molecule has 3 rings (SSSR count). The smallest absolute Gasteiger partial charge is 0.274 e. The summed E-state index contributed by atoms with van der Waals surface area (Å²) in [5, 5.41) is 6.14. The number of hydrogen-bond acceptors (Lipinski definition) is 4. The number of nitrogens with one attached hydrogen (secondary N) is 2. The summed E-state index contributed by atoms with van der Waals surface area (Å²) in [4.78, 5) is 21.2. The molecule has 0 radical (unpaired) electrons. The predicted molar refractivity (Wildman–Crippen MR) is 105 cm³/mol. The molecule has 1 aromatic heterocycles. The summed E-state index contributed by atoms with van der Waals surface area (Å²) in [5.74, 6) is 0.876. The van der Waals surface area contributed by atoms with E-state index in [0.717, 1.165) is 23.4 Å². The first kappa shape index (κ1) is 17.6. The molecule has 1 amide bonds. The van der Waals surface area contributed by atoms with Crippen LogP contribution in [0.5, 0.6) is 0 Å². The second-order valence-corrected chi connectivity index (χ2v) is 6.13. The van der Waals surface area contributed by atoms with Crippen molar-refractivity contribution >= 4 is 23.1 Å². The van der Waals surface area contributed by atoms with Gasteiger partial charge in [-0.05, 0) is 49.6 Å². The van der Waals surface area contributed by atoms with Crippen LogP contribution in [0, 0.1) is 13.8 Å². The molecule has 0 atom stereocenters. The highest BCUT2D eigenvalue weighted by molar-refractivity contribution is 6.03. The summed E-state index contributed by atoms with van der Waals surface area (Å²) in [5.41, 5.74) is 4.36. The zero-order valence-electron chi connectivity index (χ0n) is 15.2. The molecular weight excluding hydrogens is 324 g/mol. The van der Waals surface area contributed by atoms with E-state index in [-0.39, 0.29) is 5.91 Å². The topological polar surface area (TPSA) is 66.9 Å². The zero-order chi connectivity index (χ0) is 18.5. The van der Waals surface area contributed by atoms with E-state index in [2.05, 4.69) is 27.5 Å². The number of rotatable bonds is 5. The number of para-hydroxylation sites is 1. The van der Waals surface area contributed by atoms with Gasteiger partial charge < -0.3 is 10.6 Å². The predicted octanol–water partition coefficient (Wildman–Crippen LogP) is 4.65. The van der Waals surface area contributed by atoms with Gasteiger partial charge in [-0.1, -0.05) is 37.3 Å². The van der Waals surface area contributed by atoms with E-state index in [1.165, 1.54) is 5.56 Å². The van der Waals surface area contributed by atoms with Gasteiger partial charge in [0, 0.05) is 17.4 Å². The third-order valence-electron chi connectivity index (χ3n) is 4.10. The number of carbonyl (C=O) groups excluding carboxylic acids is 1. The summed E-state index contributed by atoms with van der Waals surface area (Å²) in [7, 11) is 0. The number of aryl methyl sites for hydroxylation is 3. The number of hydrogen-bond donors (Lipinski definition) is 2. The van der Waals surface area contributed by atoms with Gasteiger partial charge in [0.25, 0.3) is 5.91 Å². The van der Waals surface area contributed by atoms with Crippen molar-refractivity contribution in [1.29, 1.82) is 0 Å². The summed E-state index contributed by atoms with van der Waals surface area (Å²) >= 11 is 0. The molecule has 0 aliphatic rings. The molecule has 3 aromatic rings. The maximum atomic E-state index is 12.6. The van der Waals surface area contributed by atoms with Crippen LogP contribution in [0.15, 0.2) is 54.6 Å². The van der Waals surface area contributed by atoms with Crippen molar-refractivity contribution < 1.29 is 4.79 Å². The number of anilines is 3. The molecule has 2 N–H and O–H groups in total. The first-order valence-electron chi connectivity index (χ1n) is 8.64. The molecule has 26 heavy (non-hydrogen) atoms. The average Bonchev–Trinajstić information content (AvgIpc) is 2.64. The number of benzene rings is 2. The van der Waals surface area contributed by atoms with Gasteiger partial charge in [0.15, 0.2) is 0 Å². The molecule has 0 fully saturated rings. The van der Waals surface area contributed by atoms with Crippen LogP contribution >= 0.6 is 0 Å². The van der Waals surface area contributed by atoms with Gasteiger partial charge in [0.1, 0.15) is 17.3 Å². The number of amides is 1. The van der Waals surface area contributed by atoms with E-state index < -0.39 is 0 Å². The lowest BCUT2D eigenvalue weighted by molar-refractivity contribution is 0.102. The van der Waals surface area contributed by atoms with Gasteiger partial charge in [-0.25, -0.2) is 9.97 Å². The minimum absolute atomic E-state index is 0.257. The Kier molecular flexibility index (Phi) is 5.27. The van der Waals surface area contributed by atoms with Crippen LogP contribution in [0.25, 0.3) is 0 Å². The summed E-state index contributed by atoms with van der Waals surface area (Å²) < 4.78 is 0. The Labute approximate surface area is 153 Å². The van der Waals surface area contributed by atoms with Crippen LogP contribution in [0.4, 0.5) is 17.2 Å². The fourth-order valence-electron chi connectivity index (χ4n) is 2.62. The Morgan fingerprint density at radius 2 is 1.73 bits per heavy atom. The second kappa shape index (κ2) is 7.78. The standard InChI is InChI=1S/C21H22N4O/c1-4-16-9-11-17(12-10-16)24-21(26)19-13-20(23-15(3)22-19)25-18-8-6-5-7-14(18)2/h5-13H,4H2,1-3H3,(H,24,26)(H,22,23,25). The van der Waals surface area contributed by atoms with Crippen molar-refractivity contribution in [1.82, 2.24) is 9.97 Å². The van der Waals surface area contributed by atoms with E-state index in [9.17, 15) is 4.79 Å². The monoisotopic (exact) mass is 346 g/mol. The molecule has 1 heterocycles. The lowest BCUT2D eigenvalue weighted by Gasteiger charge is -2.11. The molecule has 0 aliphatic carbocycles. The Balaban J connectivity index is 1.80. The maximum Gasteiger partial charge on any atom is 0.274 e. The highest BCUT2D eigenvalue weighted by Crippen LogP contribution is 2.19. The molecule has 5 nitrogen and oxygen atoms in total. The molecular formula is C21H22N4O. The highest BCUT2D eigenvalue weighted by atomic mass is 16.1. The summed E-state index contributed by atoms with van der Waals surface area (Å²) in [6.07, 6.45) is 0.966. The minimum atomic E-state index is -0.257. The molecule has 2 aromatic carbocycles. The Bertz CT molecular complexity index is 920. The number of nitrogens with zero attached hydrogens (tertiary/aromatic N) is 2. The van der Waals surface area contributed by atoms with Gasteiger partial charge in [-0.3, -0.25) is 4.79 Å². The second-order valence-electron chi connectivity index (χ2n) is 6.13. The highest BCUT2D eigenvalue weighted by Gasteiger charge is 2.11. The lowest BCUT2D eigenvalue weighted by atomic mass is 10.1. The van der Waals surface area contributed by atoms with E-state index in [1.54, 1.807) is 13.0 Å².